The summed E-state index contributed by atoms with van der Waals surface area (Å²) in [5.74, 6) is -0.799. The zero-order valence-corrected chi connectivity index (χ0v) is 15.1. The number of carboxylic acids is 1. The lowest BCUT2D eigenvalue weighted by molar-refractivity contribution is 0.0696. The fourth-order valence-corrected chi connectivity index (χ4v) is 3.72. The maximum absolute atomic E-state index is 11.9. The summed E-state index contributed by atoms with van der Waals surface area (Å²) in [6.07, 6.45) is 2.96. The number of aromatic carboxylic acids is 1. The average molecular weight is 361 g/mol. The van der Waals surface area contributed by atoms with Gasteiger partial charge in [0, 0.05) is 5.69 Å². The molecule has 2 rings (SSSR count). The third-order valence-corrected chi connectivity index (χ3v) is 5.24. The predicted molar refractivity (Wildman–Crippen MR) is 99.6 cm³/mol. The van der Waals surface area contributed by atoms with Gasteiger partial charge in [-0.1, -0.05) is 37.6 Å². The van der Waals surface area contributed by atoms with Crippen molar-refractivity contribution < 1.29 is 18.3 Å². The Morgan fingerprint density at radius 2 is 1.72 bits per heavy atom. The first kappa shape index (κ1) is 19.0. The Kier molecular flexibility index (Phi) is 6.58. The first-order chi connectivity index (χ1) is 11.9. The average Bonchev–Trinajstić information content (AvgIpc) is 2.59. The van der Waals surface area contributed by atoms with Crippen molar-refractivity contribution in [3.8, 4) is 0 Å². The van der Waals surface area contributed by atoms with Crippen LogP contribution in [0, 0.1) is 0 Å². The van der Waals surface area contributed by atoms with E-state index >= 15 is 0 Å². The van der Waals surface area contributed by atoms with Crippen LogP contribution in [-0.2, 0) is 22.9 Å². The summed E-state index contributed by atoms with van der Waals surface area (Å²) in [4.78, 5) is 11.0. The van der Waals surface area contributed by atoms with Crippen molar-refractivity contribution in [2.75, 3.05) is 10.5 Å². The molecule has 0 aromatic heterocycles. The van der Waals surface area contributed by atoms with Gasteiger partial charge in [-0.3, -0.25) is 4.72 Å². The zero-order chi connectivity index (χ0) is 18.3. The number of rotatable bonds is 9. The van der Waals surface area contributed by atoms with Crippen molar-refractivity contribution in [3.63, 3.8) is 0 Å². The van der Waals surface area contributed by atoms with Crippen molar-refractivity contribution in [1.29, 1.82) is 0 Å². The van der Waals surface area contributed by atoms with Gasteiger partial charge in [0.25, 0.3) is 0 Å². The Morgan fingerprint density at radius 3 is 2.36 bits per heavy atom. The van der Waals surface area contributed by atoms with E-state index in [4.69, 9.17) is 5.11 Å². The lowest BCUT2D eigenvalue weighted by Crippen LogP contribution is -2.16. The maximum Gasteiger partial charge on any atom is 0.335 e. The van der Waals surface area contributed by atoms with Crippen molar-refractivity contribution in [2.45, 2.75) is 32.6 Å². The van der Waals surface area contributed by atoms with E-state index in [1.54, 1.807) is 30.3 Å². The van der Waals surface area contributed by atoms with Crippen LogP contribution < -0.4 is 4.72 Å². The topological polar surface area (TPSA) is 83.5 Å². The van der Waals surface area contributed by atoms with Crippen LogP contribution in [-0.4, -0.2) is 25.2 Å². The SMILES string of the molecule is CCCCS(=O)(=O)Nc1ccc(CCc2cccc(C(=O)O)c2)cc1. The normalized spacial score (nSPS) is 11.2. The highest BCUT2D eigenvalue weighted by Crippen LogP contribution is 2.15. The molecule has 0 amide bonds. The summed E-state index contributed by atoms with van der Waals surface area (Å²) in [6.45, 7) is 1.95. The molecule has 0 atom stereocenters. The lowest BCUT2D eigenvalue weighted by Gasteiger charge is -2.09. The highest BCUT2D eigenvalue weighted by atomic mass is 32.2. The first-order valence-corrected chi connectivity index (χ1v) is 9.96. The summed E-state index contributed by atoms with van der Waals surface area (Å²) >= 11 is 0. The summed E-state index contributed by atoms with van der Waals surface area (Å²) in [5.41, 5.74) is 2.88. The van der Waals surface area contributed by atoms with E-state index in [0.29, 0.717) is 12.1 Å². The number of nitrogens with one attached hydrogen (secondary N) is 1. The fourth-order valence-electron chi connectivity index (χ4n) is 2.45. The largest absolute Gasteiger partial charge is 0.478 e. The van der Waals surface area contributed by atoms with E-state index in [2.05, 4.69) is 4.72 Å². The molecular formula is C19H23NO4S. The summed E-state index contributed by atoms with van der Waals surface area (Å²) in [6, 6.07) is 14.2. The summed E-state index contributed by atoms with van der Waals surface area (Å²) in [7, 11) is -3.28. The minimum atomic E-state index is -3.28. The third-order valence-electron chi connectivity index (χ3n) is 3.87. The molecule has 2 aromatic carbocycles. The van der Waals surface area contributed by atoms with E-state index in [9.17, 15) is 13.2 Å². The molecule has 2 aromatic rings. The second-order valence-electron chi connectivity index (χ2n) is 5.98. The van der Waals surface area contributed by atoms with Crippen LogP contribution in [0.2, 0.25) is 0 Å². The number of hydrogen-bond donors (Lipinski definition) is 2. The Morgan fingerprint density at radius 1 is 1.04 bits per heavy atom. The van der Waals surface area contributed by atoms with Crippen LogP contribution in [0.3, 0.4) is 0 Å². The number of sulfonamides is 1. The molecule has 2 N–H and O–H groups in total. The molecule has 0 saturated carbocycles. The van der Waals surface area contributed by atoms with Gasteiger partial charge in [0.2, 0.25) is 10.0 Å². The molecule has 6 heteroatoms. The second-order valence-corrected chi connectivity index (χ2v) is 7.82. The Labute approximate surface area is 148 Å². The minimum absolute atomic E-state index is 0.130. The zero-order valence-electron chi connectivity index (χ0n) is 14.2. The Hall–Kier alpha value is -2.34. The van der Waals surface area contributed by atoms with Crippen molar-refractivity contribution >= 4 is 21.7 Å². The Bertz CT molecular complexity index is 814. The van der Waals surface area contributed by atoms with E-state index in [1.165, 1.54) is 0 Å². The number of unbranched alkanes of at least 4 members (excludes halogenated alkanes) is 1. The standard InChI is InChI=1S/C19H23NO4S/c1-2-3-13-25(23,24)20-18-11-9-15(10-12-18)7-8-16-5-4-6-17(14-16)19(21)22/h4-6,9-12,14,20H,2-3,7-8,13H2,1H3,(H,21,22). The van der Waals surface area contributed by atoms with E-state index in [-0.39, 0.29) is 11.3 Å². The molecule has 25 heavy (non-hydrogen) atoms. The van der Waals surface area contributed by atoms with Crippen LogP contribution in [0.4, 0.5) is 5.69 Å². The van der Waals surface area contributed by atoms with E-state index in [0.717, 1.165) is 30.4 Å². The first-order valence-electron chi connectivity index (χ1n) is 8.31. The van der Waals surface area contributed by atoms with Gasteiger partial charge in [0.1, 0.15) is 0 Å². The molecule has 0 radical (unpaired) electrons. The molecule has 0 fully saturated rings. The van der Waals surface area contributed by atoms with Crippen molar-refractivity contribution in [1.82, 2.24) is 0 Å². The van der Waals surface area contributed by atoms with Crippen LogP contribution in [0.15, 0.2) is 48.5 Å². The van der Waals surface area contributed by atoms with Gasteiger partial charge < -0.3 is 5.11 Å². The van der Waals surface area contributed by atoms with Gasteiger partial charge in [-0.05, 0) is 54.7 Å². The van der Waals surface area contributed by atoms with Gasteiger partial charge in [0.05, 0.1) is 11.3 Å². The van der Waals surface area contributed by atoms with Gasteiger partial charge >= 0.3 is 5.97 Å². The van der Waals surface area contributed by atoms with Gasteiger partial charge in [-0.2, -0.15) is 0 Å². The van der Waals surface area contributed by atoms with Crippen LogP contribution >= 0.6 is 0 Å². The molecular weight excluding hydrogens is 338 g/mol. The molecule has 0 aliphatic rings. The maximum atomic E-state index is 11.9. The number of hydrogen-bond acceptors (Lipinski definition) is 3. The highest BCUT2D eigenvalue weighted by Gasteiger charge is 2.09. The quantitative estimate of drug-likeness (QED) is 0.713. The molecule has 0 bridgehead atoms. The Balaban J connectivity index is 1.94. The predicted octanol–water partition coefficient (Wildman–Crippen LogP) is 3.71. The van der Waals surface area contributed by atoms with Crippen molar-refractivity contribution in [2.24, 2.45) is 0 Å². The van der Waals surface area contributed by atoms with Crippen LogP contribution in [0.5, 0.6) is 0 Å². The molecule has 0 aliphatic carbocycles. The van der Waals surface area contributed by atoms with Crippen LogP contribution in [0.25, 0.3) is 0 Å². The fraction of sp³-hybridized carbons (Fsp3) is 0.316. The van der Waals surface area contributed by atoms with Gasteiger partial charge in [-0.25, -0.2) is 13.2 Å². The molecule has 134 valence electrons. The number of carbonyl (C=O) groups is 1. The highest BCUT2D eigenvalue weighted by molar-refractivity contribution is 7.92. The monoisotopic (exact) mass is 361 g/mol. The van der Waals surface area contributed by atoms with E-state index in [1.807, 2.05) is 25.1 Å². The molecule has 0 saturated heterocycles. The lowest BCUT2D eigenvalue weighted by atomic mass is 10.0. The number of aryl methyl sites for hydroxylation is 2. The second kappa shape index (κ2) is 8.67. The molecule has 0 unspecified atom stereocenters. The van der Waals surface area contributed by atoms with Gasteiger partial charge in [0.15, 0.2) is 0 Å². The molecule has 0 heterocycles. The summed E-state index contributed by atoms with van der Waals surface area (Å²) < 4.78 is 26.3. The molecule has 5 nitrogen and oxygen atoms in total. The van der Waals surface area contributed by atoms with Gasteiger partial charge in [-0.15, -0.1) is 0 Å². The van der Waals surface area contributed by atoms with Crippen molar-refractivity contribution in [3.05, 3.63) is 65.2 Å². The van der Waals surface area contributed by atoms with E-state index < -0.39 is 16.0 Å². The molecule has 0 spiro atoms. The minimum Gasteiger partial charge on any atom is -0.478 e. The number of carboxylic acid groups (broad SMARTS) is 1. The number of benzene rings is 2. The molecule has 0 aliphatic heterocycles. The third kappa shape index (κ3) is 6.23. The smallest absolute Gasteiger partial charge is 0.335 e. The number of anilines is 1. The summed E-state index contributed by atoms with van der Waals surface area (Å²) in [5, 5.41) is 9.02. The van der Waals surface area contributed by atoms with Crippen LogP contribution in [0.1, 0.15) is 41.3 Å².